The van der Waals surface area contributed by atoms with Crippen LogP contribution in [0.5, 0.6) is 0 Å². The fraction of sp³-hybridized carbons (Fsp3) is 0.625. The van der Waals surface area contributed by atoms with Crippen molar-refractivity contribution in [2.75, 3.05) is 19.6 Å². The molecule has 5 nitrogen and oxygen atoms in total. The van der Waals surface area contributed by atoms with Gasteiger partial charge in [-0.05, 0) is 31.4 Å². The predicted molar refractivity (Wildman–Crippen MR) is 83.4 cm³/mol. The highest BCUT2D eigenvalue weighted by atomic mass is 16.2. The molecular formula is C16H25N3O2. The molecule has 1 aromatic rings. The maximum Gasteiger partial charge on any atom is 0.254 e. The molecule has 0 saturated carbocycles. The average Bonchev–Trinajstić information content (AvgIpc) is 2.52. The molecule has 116 valence electrons. The van der Waals surface area contributed by atoms with Crippen LogP contribution in [0.4, 0.5) is 0 Å². The number of carbonyl (C=O) groups is 1. The molecule has 2 N–H and O–H groups in total. The number of hydrogen-bond acceptors (Lipinski definition) is 3. The number of piperidine rings is 1. The van der Waals surface area contributed by atoms with Crippen molar-refractivity contribution in [2.24, 2.45) is 5.92 Å². The lowest BCUT2D eigenvalue weighted by Gasteiger charge is -2.38. The molecule has 1 aliphatic heterocycles. The third-order valence-corrected chi connectivity index (χ3v) is 4.22. The highest BCUT2D eigenvalue weighted by molar-refractivity contribution is 5.94. The van der Waals surface area contributed by atoms with E-state index in [1.54, 1.807) is 6.07 Å². The zero-order valence-corrected chi connectivity index (χ0v) is 12.9. The summed E-state index contributed by atoms with van der Waals surface area (Å²) in [5.74, 6) is 0.449. The van der Waals surface area contributed by atoms with Crippen LogP contribution in [-0.4, -0.2) is 41.5 Å². The van der Waals surface area contributed by atoms with Gasteiger partial charge in [-0.1, -0.05) is 20.3 Å². The number of pyridine rings is 1. The summed E-state index contributed by atoms with van der Waals surface area (Å²) in [5, 5.41) is 3.59. The quantitative estimate of drug-likeness (QED) is 0.866. The van der Waals surface area contributed by atoms with Gasteiger partial charge < -0.3 is 15.2 Å². The molecule has 1 saturated heterocycles. The van der Waals surface area contributed by atoms with Crippen molar-refractivity contribution in [1.82, 2.24) is 15.2 Å². The van der Waals surface area contributed by atoms with Crippen LogP contribution in [-0.2, 0) is 0 Å². The molecule has 1 aromatic heterocycles. The van der Waals surface area contributed by atoms with Crippen molar-refractivity contribution in [1.29, 1.82) is 0 Å². The number of nitrogens with zero attached hydrogens (tertiary/aromatic N) is 1. The molecule has 1 amide bonds. The van der Waals surface area contributed by atoms with Crippen LogP contribution in [0.15, 0.2) is 23.1 Å². The van der Waals surface area contributed by atoms with E-state index in [-0.39, 0.29) is 11.5 Å². The summed E-state index contributed by atoms with van der Waals surface area (Å²) in [5.41, 5.74) is 0.251. The number of amides is 1. The Morgan fingerprint density at radius 3 is 2.95 bits per heavy atom. The van der Waals surface area contributed by atoms with E-state index in [4.69, 9.17) is 0 Å². The molecule has 2 atom stereocenters. The minimum atomic E-state index is -0.229. The fourth-order valence-electron chi connectivity index (χ4n) is 2.99. The number of H-pyrrole nitrogens is 1. The van der Waals surface area contributed by atoms with E-state index in [0.29, 0.717) is 17.5 Å². The smallest absolute Gasteiger partial charge is 0.254 e. The Balaban J connectivity index is 2.02. The molecule has 2 unspecified atom stereocenters. The molecule has 0 aromatic carbocycles. The van der Waals surface area contributed by atoms with E-state index < -0.39 is 0 Å². The van der Waals surface area contributed by atoms with Crippen molar-refractivity contribution in [3.05, 3.63) is 34.2 Å². The third-order valence-electron chi connectivity index (χ3n) is 4.22. The van der Waals surface area contributed by atoms with Crippen LogP contribution >= 0.6 is 0 Å². The lowest BCUT2D eigenvalue weighted by Crippen LogP contribution is -2.51. The SMILES string of the molecule is CCCNC1CCN(C(=O)c2cc[nH]c(=O)c2)CC1CC. The minimum Gasteiger partial charge on any atom is -0.338 e. The van der Waals surface area contributed by atoms with Crippen molar-refractivity contribution < 1.29 is 4.79 Å². The van der Waals surface area contributed by atoms with Gasteiger partial charge in [-0.2, -0.15) is 0 Å². The maximum absolute atomic E-state index is 12.5. The Morgan fingerprint density at radius 2 is 2.29 bits per heavy atom. The molecular weight excluding hydrogens is 266 g/mol. The van der Waals surface area contributed by atoms with Gasteiger partial charge in [0.05, 0.1) is 0 Å². The van der Waals surface area contributed by atoms with E-state index in [2.05, 4.69) is 24.1 Å². The summed E-state index contributed by atoms with van der Waals surface area (Å²) in [6, 6.07) is 3.55. The Labute approximate surface area is 125 Å². The molecule has 0 spiro atoms. The molecule has 5 heteroatoms. The normalized spacial score (nSPS) is 22.3. The Kier molecular flexibility index (Phi) is 5.56. The summed E-state index contributed by atoms with van der Waals surface area (Å²) < 4.78 is 0. The van der Waals surface area contributed by atoms with E-state index >= 15 is 0 Å². The summed E-state index contributed by atoms with van der Waals surface area (Å²) in [6.07, 6.45) is 4.69. The van der Waals surface area contributed by atoms with Gasteiger partial charge in [0.2, 0.25) is 5.56 Å². The molecule has 0 radical (unpaired) electrons. The van der Waals surface area contributed by atoms with Crippen LogP contribution in [0.25, 0.3) is 0 Å². The summed E-state index contributed by atoms with van der Waals surface area (Å²) in [6.45, 7) is 6.89. The third kappa shape index (κ3) is 3.94. The van der Waals surface area contributed by atoms with Gasteiger partial charge in [-0.3, -0.25) is 9.59 Å². The lowest BCUT2D eigenvalue weighted by molar-refractivity contribution is 0.0626. The number of nitrogens with one attached hydrogen (secondary N) is 2. The molecule has 21 heavy (non-hydrogen) atoms. The van der Waals surface area contributed by atoms with Crippen LogP contribution in [0.1, 0.15) is 43.5 Å². The zero-order chi connectivity index (χ0) is 15.2. The molecule has 2 heterocycles. The number of carbonyl (C=O) groups excluding carboxylic acids is 1. The lowest BCUT2D eigenvalue weighted by atomic mass is 9.89. The van der Waals surface area contributed by atoms with Gasteiger partial charge in [-0.15, -0.1) is 0 Å². The number of aromatic nitrogens is 1. The first kappa shape index (κ1) is 15.8. The topological polar surface area (TPSA) is 65.2 Å². The first-order valence-corrected chi connectivity index (χ1v) is 7.87. The Bertz CT molecular complexity index is 526. The Hall–Kier alpha value is -1.62. The second-order valence-electron chi connectivity index (χ2n) is 5.71. The van der Waals surface area contributed by atoms with E-state index in [0.717, 1.165) is 38.9 Å². The van der Waals surface area contributed by atoms with E-state index in [1.807, 2.05) is 4.90 Å². The highest BCUT2D eigenvalue weighted by Crippen LogP contribution is 2.21. The first-order valence-electron chi connectivity index (χ1n) is 7.87. The van der Waals surface area contributed by atoms with Gasteiger partial charge in [-0.25, -0.2) is 0 Å². The van der Waals surface area contributed by atoms with Gasteiger partial charge in [0.25, 0.3) is 5.91 Å². The Morgan fingerprint density at radius 1 is 1.48 bits per heavy atom. The molecule has 0 bridgehead atoms. The monoisotopic (exact) mass is 291 g/mol. The van der Waals surface area contributed by atoms with Crippen LogP contribution < -0.4 is 10.9 Å². The second-order valence-corrected chi connectivity index (χ2v) is 5.71. The van der Waals surface area contributed by atoms with Crippen molar-refractivity contribution >= 4 is 5.91 Å². The van der Waals surface area contributed by atoms with Crippen molar-refractivity contribution in [2.45, 2.75) is 39.2 Å². The van der Waals surface area contributed by atoms with Gasteiger partial charge in [0.1, 0.15) is 0 Å². The van der Waals surface area contributed by atoms with Crippen molar-refractivity contribution in [3.63, 3.8) is 0 Å². The van der Waals surface area contributed by atoms with E-state index in [1.165, 1.54) is 12.3 Å². The molecule has 2 rings (SSSR count). The molecule has 0 aliphatic carbocycles. The largest absolute Gasteiger partial charge is 0.338 e. The highest BCUT2D eigenvalue weighted by Gasteiger charge is 2.30. The van der Waals surface area contributed by atoms with Gasteiger partial charge in [0.15, 0.2) is 0 Å². The average molecular weight is 291 g/mol. The second kappa shape index (κ2) is 7.41. The molecule has 1 fully saturated rings. The number of rotatable bonds is 5. The minimum absolute atomic E-state index is 0.0338. The first-order chi connectivity index (χ1) is 10.2. The fourth-order valence-corrected chi connectivity index (χ4v) is 2.99. The van der Waals surface area contributed by atoms with Crippen LogP contribution in [0, 0.1) is 5.92 Å². The van der Waals surface area contributed by atoms with Crippen LogP contribution in [0.3, 0.4) is 0 Å². The molecule has 1 aliphatic rings. The number of likely N-dealkylation sites (tertiary alicyclic amines) is 1. The van der Waals surface area contributed by atoms with Crippen LogP contribution in [0.2, 0.25) is 0 Å². The van der Waals surface area contributed by atoms with Gasteiger partial charge in [0, 0.05) is 37.0 Å². The number of aromatic amines is 1. The van der Waals surface area contributed by atoms with E-state index in [9.17, 15) is 9.59 Å². The predicted octanol–water partition coefficient (Wildman–Crippen LogP) is 1.62. The summed E-state index contributed by atoms with van der Waals surface area (Å²) >= 11 is 0. The number of hydrogen-bond donors (Lipinski definition) is 2. The standard InChI is InChI=1S/C16H25N3O2/c1-3-7-17-14-6-9-19(11-12(14)4-2)16(21)13-5-8-18-15(20)10-13/h5,8,10,12,14,17H,3-4,6-7,9,11H2,1-2H3,(H,18,20). The summed E-state index contributed by atoms with van der Waals surface area (Å²) in [7, 11) is 0. The van der Waals surface area contributed by atoms with Gasteiger partial charge >= 0.3 is 0 Å². The van der Waals surface area contributed by atoms with Crippen molar-refractivity contribution in [3.8, 4) is 0 Å². The summed E-state index contributed by atoms with van der Waals surface area (Å²) in [4.78, 5) is 28.2. The maximum atomic E-state index is 12.5. The zero-order valence-electron chi connectivity index (χ0n) is 12.9.